The molecule has 0 amide bonds. The number of nitrogens with one attached hydrogen (secondary N) is 1. The van der Waals surface area contributed by atoms with Gasteiger partial charge in [-0.05, 0) is 49.7 Å². The van der Waals surface area contributed by atoms with E-state index < -0.39 is 0 Å². The lowest BCUT2D eigenvalue weighted by Gasteiger charge is -2.02. The van der Waals surface area contributed by atoms with Gasteiger partial charge < -0.3 is 9.72 Å². The molecule has 0 saturated heterocycles. The molecule has 4 nitrogen and oxygen atoms in total. The summed E-state index contributed by atoms with van der Waals surface area (Å²) in [7, 11) is 0. The number of aryl methyl sites for hydroxylation is 1. The quantitative estimate of drug-likeness (QED) is 0.779. The summed E-state index contributed by atoms with van der Waals surface area (Å²) >= 11 is 0. The molecule has 0 aliphatic heterocycles. The van der Waals surface area contributed by atoms with Crippen LogP contribution in [0.15, 0.2) is 36.5 Å². The molecule has 4 heteroatoms. The molecule has 0 unspecified atom stereocenters. The van der Waals surface area contributed by atoms with Crippen molar-refractivity contribution in [2.45, 2.75) is 13.8 Å². The first-order chi connectivity index (χ1) is 9.26. The molecule has 3 aromatic rings. The first-order valence-corrected chi connectivity index (χ1v) is 6.32. The predicted molar refractivity (Wildman–Crippen MR) is 75.2 cm³/mol. The van der Waals surface area contributed by atoms with Crippen LogP contribution in [0.3, 0.4) is 0 Å². The van der Waals surface area contributed by atoms with Gasteiger partial charge in [0.1, 0.15) is 11.6 Å². The molecule has 1 aromatic carbocycles. The summed E-state index contributed by atoms with van der Waals surface area (Å²) in [4.78, 5) is 12.1. The maximum absolute atomic E-state index is 5.43. The molecular weight excluding hydrogens is 238 g/mol. The zero-order chi connectivity index (χ0) is 13.2. The predicted octanol–water partition coefficient (Wildman–Crippen LogP) is 3.33. The van der Waals surface area contributed by atoms with E-state index in [1.165, 1.54) is 0 Å². The number of rotatable bonds is 3. The number of H-pyrrole nitrogens is 1. The summed E-state index contributed by atoms with van der Waals surface area (Å²) < 4.78 is 5.43. The summed E-state index contributed by atoms with van der Waals surface area (Å²) in [6, 6.07) is 9.94. The average Bonchev–Trinajstić information content (AvgIpc) is 2.83. The van der Waals surface area contributed by atoms with Crippen LogP contribution in [0.4, 0.5) is 0 Å². The summed E-state index contributed by atoms with van der Waals surface area (Å²) in [6.07, 6.45) is 1.82. The Balaban J connectivity index is 1.99. The molecule has 0 spiro atoms. The van der Waals surface area contributed by atoms with Crippen LogP contribution in [0.25, 0.3) is 22.6 Å². The number of hydrogen-bond acceptors (Lipinski definition) is 3. The molecule has 1 N–H and O–H groups in total. The molecule has 96 valence electrons. The molecule has 2 heterocycles. The van der Waals surface area contributed by atoms with Gasteiger partial charge >= 0.3 is 0 Å². The van der Waals surface area contributed by atoms with Gasteiger partial charge in [0.05, 0.1) is 12.1 Å². The molecule has 2 aromatic heterocycles. The number of aromatic nitrogens is 3. The molecule has 0 aliphatic rings. The standard InChI is InChI=1S/C15H15N3O/c1-3-19-12-6-4-11(5-7-12)14-17-13-8-10(2)9-16-15(13)18-14/h4-9H,3H2,1-2H3,(H,16,17,18). The van der Waals surface area contributed by atoms with Gasteiger partial charge in [0.25, 0.3) is 0 Å². The van der Waals surface area contributed by atoms with Gasteiger partial charge in [-0.15, -0.1) is 0 Å². The van der Waals surface area contributed by atoms with Crippen molar-refractivity contribution in [3.8, 4) is 17.1 Å². The second-order valence-corrected chi connectivity index (χ2v) is 4.43. The maximum atomic E-state index is 5.43. The molecule has 3 rings (SSSR count). The van der Waals surface area contributed by atoms with Crippen molar-refractivity contribution in [1.29, 1.82) is 0 Å². The highest BCUT2D eigenvalue weighted by Gasteiger charge is 2.06. The smallest absolute Gasteiger partial charge is 0.178 e. The minimum Gasteiger partial charge on any atom is -0.494 e. The topological polar surface area (TPSA) is 50.8 Å². The minimum absolute atomic E-state index is 0.674. The number of ether oxygens (including phenoxy) is 1. The Morgan fingerprint density at radius 1 is 1.21 bits per heavy atom. The molecule has 0 radical (unpaired) electrons. The van der Waals surface area contributed by atoms with Gasteiger partial charge in [-0.2, -0.15) is 0 Å². The number of aromatic amines is 1. The number of hydrogen-bond donors (Lipinski definition) is 1. The Labute approximate surface area is 111 Å². The third-order valence-corrected chi connectivity index (χ3v) is 2.91. The monoisotopic (exact) mass is 253 g/mol. The lowest BCUT2D eigenvalue weighted by molar-refractivity contribution is 0.340. The van der Waals surface area contributed by atoms with Crippen molar-refractivity contribution in [2.24, 2.45) is 0 Å². The van der Waals surface area contributed by atoms with Gasteiger partial charge in [-0.1, -0.05) is 0 Å². The lowest BCUT2D eigenvalue weighted by atomic mass is 10.2. The Morgan fingerprint density at radius 2 is 2.00 bits per heavy atom. The summed E-state index contributed by atoms with van der Waals surface area (Å²) in [5.74, 6) is 1.70. The van der Waals surface area contributed by atoms with E-state index >= 15 is 0 Å². The number of pyridine rings is 1. The first-order valence-electron chi connectivity index (χ1n) is 6.32. The summed E-state index contributed by atoms with van der Waals surface area (Å²) in [5, 5.41) is 0. The zero-order valence-electron chi connectivity index (χ0n) is 11.0. The second-order valence-electron chi connectivity index (χ2n) is 4.43. The Bertz CT molecular complexity index is 701. The van der Waals surface area contributed by atoms with Crippen LogP contribution in [-0.2, 0) is 0 Å². The molecule has 0 aliphatic carbocycles. The van der Waals surface area contributed by atoms with Gasteiger partial charge in [0.2, 0.25) is 0 Å². The van der Waals surface area contributed by atoms with Crippen molar-refractivity contribution >= 4 is 11.2 Å². The van der Waals surface area contributed by atoms with Gasteiger partial charge in [0.15, 0.2) is 5.65 Å². The average molecular weight is 253 g/mol. The molecule has 0 bridgehead atoms. The maximum Gasteiger partial charge on any atom is 0.178 e. The van der Waals surface area contributed by atoms with Crippen LogP contribution < -0.4 is 4.74 Å². The highest BCUT2D eigenvalue weighted by molar-refractivity contribution is 5.76. The third-order valence-electron chi connectivity index (χ3n) is 2.91. The fourth-order valence-electron chi connectivity index (χ4n) is 2.02. The zero-order valence-corrected chi connectivity index (χ0v) is 11.0. The van der Waals surface area contributed by atoms with E-state index in [1.54, 1.807) is 0 Å². The highest BCUT2D eigenvalue weighted by Crippen LogP contribution is 2.22. The van der Waals surface area contributed by atoms with Crippen molar-refractivity contribution in [3.05, 3.63) is 42.1 Å². The van der Waals surface area contributed by atoms with E-state index in [4.69, 9.17) is 4.74 Å². The van der Waals surface area contributed by atoms with Gasteiger partial charge in [-0.3, -0.25) is 0 Å². The van der Waals surface area contributed by atoms with Gasteiger partial charge in [0, 0.05) is 11.8 Å². The van der Waals surface area contributed by atoms with Crippen LogP contribution in [0, 0.1) is 6.92 Å². The van der Waals surface area contributed by atoms with Crippen LogP contribution in [0.2, 0.25) is 0 Å². The number of imidazole rings is 1. The first kappa shape index (κ1) is 11.7. The van der Waals surface area contributed by atoms with Crippen LogP contribution in [-0.4, -0.2) is 21.6 Å². The van der Waals surface area contributed by atoms with E-state index in [0.29, 0.717) is 6.61 Å². The summed E-state index contributed by atoms with van der Waals surface area (Å²) in [6.45, 7) is 4.66. The normalized spacial score (nSPS) is 10.8. The molecule has 0 saturated carbocycles. The van der Waals surface area contributed by atoms with E-state index in [0.717, 1.165) is 33.9 Å². The van der Waals surface area contributed by atoms with Crippen LogP contribution >= 0.6 is 0 Å². The van der Waals surface area contributed by atoms with Gasteiger partial charge in [-0.25, -0.2) is 9.97 Å². The molecule has 0 fully saturated rings. The Kier molecular flexibility index (Phi) is 2.91. The van der Waals surface area contributed by atoms with Crippen molar-refractivity contribution in [2.75, 3.05) is 6.61 Å². The number of nitrogens with zero attached hydrogens (tertiary/aromatic N) is 2. The SMILES string of the molecule is CCOc1ccc(-c2nc3ncc(C)cc3[nH]2)cc1. The van der Waals surface area contributed by atoms with E-state index in [1.807, 2.05) is 50.4 Å². The molecule has 19 heavy (non-hydrogen) atoms. The molecular formula is C15H15N3O. The largest absolute Gasteiger partial charge is 0.494 e. The minimum atomic E-state index is 0.674. The van der Waals surface area contributed by atoms with E-state index in [-0.39, 0.29) is 0 Å². The highest BCUT2D eigenvalue weighted by atomic mass is 16.5. The lowest BCUT2D eigenvalue weighted by Crippen LogP contribution is -1.90. The fraction of sp³-hybridized carbons (Fsp3) is 0.200. The van der Waals surface area contributed by atoms with E-state index in [9.17, 15) is 0 Å². The second kappa shape index (κ2) is 4.72. The van der Waals surface area contributed by atoms with Crippen LogP contribution in [0.5, 0.6) is 5.75 Å². The van der Waals surface area contributed by atoms with E-state index in [2.05, 4.69) is 15.0 Å². The number of fused-ring (bicyclic) bond motifs is 1. The Hall–Kier alpha value is -2.36. The van der Waals surface area contributed by atoms with Crippen molar-refractivity contribution in [1.82, 2.24) is 15.0 Å². The van der Waals surface area contributed by atoms with Crippen molar-refractivity contribution in [3.63, 3.8) is 0 Å². The summed E-state index contributed by atoms with van der Waals surface area (Å²) in [5.41, 5.74) is 3.85. The number of benzene rings is 1. The van der Waals surface area contributed by atoms with Crippen LogP contribution in [0.1, 0.15) is 12.5 Å². The van der Waals surface area contributed by atoms with Crippen molar-refractivity contribution < 1.29 is 4.74 Å². The molecule has 0 atom stereocenters. The fourth-order valence-corrected chi connectivity index (χ4v) is 2.02. The third kappa shape index (κ3) is 2.29. The Morgan fingerprint density at radius 3 is 2.74 bits per heavy atom.